The summed E-state index contributed by atoms with van der Waals surface area (Å²) < 4.78 is 33.6. The Kier molecular flexibility index (Phi) is 3.77. The van der Waals surface area contributed by atoms with E-state index in [1.165, 1.54) is 4.90 Å². The summed E-state index contributed by atoms with van der Waals surface area (Å²) in [6.07, 6.45) is 0.365. The summed E-state index contributed by atoms with van der Waals surface area (Å²) in [5.41, 5.74) is 3.24. The first-order valence-electron chi connectivity index (χ1n) is 7.93. The van der Waals surface area contributed by atoms with Crippen molar-refractivity contribution in [2.75, 3.05) is 23.5 Å². The highest BCUT2D eigenvalue weighted by Gasteiger charge is 2.48. The van der Waals surface area contributed by atoms with Crippen molar-refractivity contribution in [3.63, 3.8) is 0 Å². The number of rotatable bonds is 3. The predicted octanol–water partition coefficient (Wildman–Crippen LogP) is 3.13. The second kappa shape index (κ2) is 5.86. The van der Waals surface area contributed by atoms with Crippen LogP contribution in [0.4, 0.5) is 16.2 Å². The van der Waals surface area contributed by atoms with Crippen molar-refractivity contribution in [3.8, 4) is 0 Å². The van der Waals surface area contributed by atoms with Crippen LogP contribution in [0.2, 0.25) is 0 Å². The van der Waals surface area contributed by atoms with Gasteiger partial charge in [-0.1, -0.05) is 36.4 Å². The minimum Gasteiger partial charge on any atom is -0.448 e. The van der Waals surface area contributed by atoms with Crippen LogP contribution in [-0.4, -0.2) is 33.1 Å². The van der Waals surface area contributed by atoms with Crippen molar-refractivity contribution >= 4 is 27.3 Å². The van der Waals surface area contributed by atoms with Gasteiger partial charge < -0.3 is 9.47 Å². The van der Waals surface area contributed by atoms with E-state index in [0.717, 1.165) is 17.4 Å². The first kappa shape index (κ1) is 16.1. The number of benzene rings is 2. The zero-order chi connectivity index (χ0) is 17.6. The topological polar surface area (TPSA) is 76.2 Å². The Morgan fingerprint density at radius 1 is 1.04 bits per heavy atom. The van der Waals surface area contributed by atoms with E-state index >= 15 is 0 Å². The van der Waals surface area contributed by atoms with Crippen molar-refractivity contribution in [2.24, 2.45) is 0 Å². The molecule has 2 aliphatic heterocycles. The number of amides is 1. The Labute approximate surface area is 145 Å². The Hall–Kier alpha value is -2.38. The molecular formula is C18H17NO5S. The van der Waals surface area contributed by atoms with Gasteiger partial charge in [-0.15, -0.1) is 0 Å². The molecule has 4 rings (SSSR count). The Bertz CT molecular complexity index is 888. The van der Waals surface area contributed by atoms with E-state index in [0.29, 0.717) is 11.4 Å². The summed E-state index contributed by atoms with van der Waals surface area (Å²) in [5.74, 6) is -0.204. The lowest BCUT2D eigenvalue weighted by molar-refractivity contribution is 0.163. The molecule has 0 aromatic heterocycles. The molecule has 0 spiro atoms. The van der Waals surface area contributed by atoms with Crippen LogP contribution >= 0.6 is 0 Å². The van der Waals surface area contributed by atoms with Crippen LogP contribution in [0.1, 0.15) is 23.3 Å². The van der Waals surface area contributed by atoms with E-state index in [-0.39, 0.29) is 24.6 Å². The Balaban J connectivity index is 1.72. The van der Waals surface area contributed by atoms with Crippen LogP contribution in [0.15, 0.2) is 48.5 Å². The predicted molar refractivity (Wildman–Crippen MR) is 92.6 cm³/mol. The van der Waals surface area contributed by atoms with Crippen molar-refractivity contribution in [1.82, 2.24) is 0 Å². The average Bonchev–Trinajstić information content (AvgIpc) is 3.35. The second-order valence-electron chi connectivity index (χ2n) is 6.17. The van der Waals surface area contributed by atoms with Gasteiger partial charge >= 0.3 is 6.09 Å². The summed E-state index contributed by atoms with van der Waals surface area (Å²) in [4.78, 5) is 14.3. The van der Waals surface area contributed by atoms with Gasteiger partial charge in [0.25, 0.3) is 0 Å². The lowest BCUT2D eigenvalue weighted by Crippen LogP contribution is -2.29. The van der Waals surface area contributed by atoms with E-state index in [4.69, 9.17) is 9.47 Å². The molecule has 0 radical (unpaired) electrons. The third-order valence-electron chi connectivity index (χ3n) is 4.32. The van der Waals surface area contributed by atoms with E-state index < -0.39 is 15.9 Å². The van der Waals surface area contributed by atoms with Gasteiger partial charge in [-0.3, -0.25) is 0 Å². The third-order valence-corrected chi connectivity index (χ3v) is 5.23. The summed E-state index contributed by atoms with van der Waals surface area (Å²) in [6.45, 7) is -0.179. The largest absolute Gasteiger partial charge is 0.448 e. The quantitative estimate of drug-likeness (QED) is 0.787. The lowest BCUT2D eigenvalue weighted by atomic mass is 10.0. The van der Waals surface area contributed by atoms with Crippen LogP contribution in [0.5, 0.6) is 0 Å². The van der Waals surface area contributed by atoms with Gasteiger partial charge in [0.05, 0.1) is 17.1 Å². The number of para-hydroxylation sites is 2. The molecule has 2 atom stereocenters. The van der Waals surface area contributed by atoms with Crippen LogP contribution in [0.25, 0.3) is 0 Å². The van der Waals surface area contributed by atoms with Crippen molar-refractivity contribution in [2.45, 2.75) is 12.2 Å². The van der Waals surface area contributed by atoms with E-state index in [1.807, 2.05) is 48.5 Å². The molecule has 130 valence electrons. The van der Waals surface area contributed by atoms with Crippen molar-refractivity contribution in [3.05, 3.63) is 59.7 Å². The Morgan fingerprint density at radius 2 is 1.56 bits per heavy atom. The summed E-state index contributed by atoms with van der Waals surface area (Å²) in [5, 5.41) is 0. The molecule has 2 aromatic carbocycles. The zero-order valence-electron chi connectivity index (χ0n) is 13.6. The van der Waals surface area contributed by atoms with Crippen LogP contribution < -0.4 is 4.90 Å². The number of ether oxygens (including phenoxy) is 2. The van der Waals surface area contributed by atoms with Gasteiger partial charge in [0.2, 0.25) is 0 Å². The maximum absolute atomic E-state index is 12.8. The zero-order valence-corrected chi connectivity index (χ0v) is 14.4. The molecule has 0 N–H and O–H groups in total. The number of fused-ring (bicyclic) bond motifs is 5. The van der Waals surface area contributed by atoms with Gasteiger partial charge in [0, 0.05) is 17.4 Å². The van der Waals surface area contributed by atoms with E-state index in [2.05, 4.69) is 0 Å². The van der Waals surface area contributed by atoms with Crippen molar-refractivity contribution in [1.29, 1.82) is 0 Å². The highest BCUT2D eigenvalue weighted by molar-refractivity contribution is 7.90. The van der Waals surface area contributed by atoms with Crippen LogP contribution in [0, 0.1) is 0 Å². The number of hydrogen-bond acceptors (Lipinski definition) is 5. The number of carbonyl (C=O) groups excluding carboxylic acids is 1. The molecule has 0 saturated carbocycles. The number of sulfone groups is 1. The number of anilines is 2. The molecule has 2 unspecified atom stereocenters. The maximum Gasteiger partial charge on any atom is 0.418 e. The molecule has 2 aliphatic rings. The fourth-order valence-corrected chi connectivity index (χ4v) is 3.51. The molecule has 0 bridgehead atoms. The SMILES string of the molecule is CS(=O)(=O)CCOC(=O)N1c2ccccc2C2OC2c2ccccc21. The lowest BCUT2D eigenvalue weighted by Gasteiger charge is -2.24. The normalized spacial score (nSPS) is 20.8. The molecule has 1 fully saturated rings. The molecule has 1 amide bonds. The highest BCUT2D eigenvalue weighted by atomic mass is 32.2. The van der Waals surface area contributed by atoms with Crippen molar-refractivity contribution < 1.29 is 22.7 Å². The first-order chi connectivity index (χ1) is 12.0. The monoisotopic (exact) mass is 359 g/mol. The fraction of sp³-hybridized carbons (Fsp3) is 0.278. The third kappa shape index (κ3) is 3.01. The number of epoxide rings is 1. The van der Waals surface area contributed by atoms with E-state index in [1.54, 1.807) is 0 Å². The standard InChI is InChI=1S/C18H17NO5S/c1-25(21,22)11-10-23-18(20)19-14-8-4-2-6-12(14)16-17(24-16)13-7-3-5-9-15(13)19/h2-9,16-17H,10-11H2,1H3. The minimum atomic E-state index is -3.20. The summed E-state index contributed by atoms with van der Waals surface area (Å²) >= 11 is 0. The molecule has 25 heavy (non-hydrogen) atoms. The second-order valence-corrected chi connectivity index (χ2v) is 8.43. The first-order valence-corrected chi connectivity index (χ1v) is 10.00. The van der Waals surface area contributed by atoms with Crippen LogP contribution in [0.3, 0.4) is 0 Å². The molecular weight excluding hydrogens is 342 g/mol. The van der Waals surface area contributed by atoms with Gasteiger partial charge in [-0.2, -0.15) is 0 Å². The van der Waals surface area contributed by atoms with Gasteiger partial charge in [0.15, 0.2) is 9.84 Å². The number of nitrogens with zero attached hydrogens (tertiary/aromatic N) is 1. The number of hydrogen-bond donors (Lipinski definition) is 0. The average molecular weight is 359 g/mol. The fourth-order valence-electron chi connectivity index (χ4n) is 3.12. The Morgan fingerprint density at radius 3 is 2.08 bits per heavy atom. The van der Waals surface area contributed by atoms with E-state index in [9.17, 15) is 13.2 Å². The molecule has 2 aromatic rings. The molecule has 6 nitrogen and oxygen atoms in total. The van der Waals surface area contributed by atoms with Crippen LogP contribution in [-0.2, 0) is 19.3 Å². The molecule has 7 heteroatoms. The maximum atomic E-state index is 12.8. The van der Waals surface area contributed by atoms with Gasteiger partial charge in [-0.05, 0) is 12.1 Å². The summed E-state index contributed by atoms with van der Waals surface area (Å²) in [6, 6.07) is 15.1. The smallest absolute Gasteiger partial charge is 0.418 e. The minimum absolute atomic E-state index is 0.0776. The molecule has 0 aliphatic carbocycles. The molecule has 1 saturated heterocycles. The van der Waals surface area contributed by atoms with Gasteiger partial charge in [0.1, 0.15) is 18.8 Å². The highest BCUT2D eigenvalue weighted by Crippen LogP contribution is 2.58. The molecule has 2 heterocycles. The summed E-state index contributed by atoms with van der Waals surface area (Å²) in [7, 11) is -3.20. The van der Waals surface area contributed by atoms with Gasteiger partial charge in [-0.25, -0.2) is 18.1 Å². The number of carbonyl (C=O) groups is 1.